The Morgan fingerprint density at radius 2 is 2.18 bits per heavy atom. The summed E-state index contributed by atoms with van der Waals surface area (Å²) in [7, 11) is 0. The summed E-state index contributed by atoms with van der Waals surface area (Å²) < 4.78 is 24.8. The summed E-state index contributed by atoms with van der Waals surface area (Å²) in [6.07, 6.45) is 7.82. The van der Waals surface area contributed by atoms with Crippen molar-refractivity contribution < 1.29 is 9.13 Å². The van der Waals surface area contributed by atoms with E-state index in [2.05, 4.69) is 10.3 Å². The van der Waals surface area contributed by atoms with Crippen LogP contribution in [0.25, 0.3) is 10.9 Å². The summed E-state index contributed by atoms with van der Waals surface area (Å²) in [6, 6.07) is 1.42. The summed E-state index contributed by atoms with van der Waals surface area (Å²) in [4.78, 5) is 16.4. The molecule has 1 aromatic carbocycles. The molecular weight excluding hydrogens is 385 g/mol. The molecule has 0 bridgehead atoms. The van der Waals surface area contributed by atoms with Gasteiger partial charge in [-0.25, -0.2) is 9.37 Å². The zero-order chi connectivity index (χ0) is 19.2. The number of halogens is 2. The van der Waals surface area contributed by atoms with E-state index >= 15 is 0 Å². The molecule has 0 fully saturated rings. The number of ether oxygens (including phenoxy) is 1. The highest BCUT2D eigenvalue weighted by molar-refractivity contribution is 6.00. The van der Waals surface area contributed by atoms with Crippen molar-refractivity contribution in [1.82, 2.24) is 14.1 Å². The molecule has 3 aromatic rings. The highest BCUT2D eigenvalue weighted by atomic mass is 35.5. The minimum absolute atomic E-state index is 0. The fourth-order valence-corrected chi connectivity index (χ4v) is 3.50. The van der Waals surface area contributed by atoms with Crippen LogP contribution in [0.3, 0.4) is 0 Å². The average Bonchev–Trinajstić information content (AvgIpc) is 3.14. The Balaban J connectivity index is 0.00000225. The number of hydrogen-bond donors (Lipinski definition) is 2. The third-order valence-corrected chi connectivity index (χ3v) is 4.94. The summed E-state index contributed by atoms with van der Waals surface area (Å²) >= 11 is 0. The van der Waals surface area contributed by atoms with Gasteiger partial charge in [-0.15, -0.1) is 12.4 Å². The molecule has 1 aliphatic rings. The van der Waals surface area contributed by atoms with E-state index in [0.717, 1.165) is 13.0 Å². The number of anilines is 2. The van der Waals surface area contributed by atoms with E-state index in [-0.39, 0.29) is 40.1 Å². The number of benzene rings is 1. The monoisotopic (exact) mass is 407 g/mol. The van der Waals surface area contributed by atoms with E-state index in [1.807, 2.05) is 29.2 Å². The number of nitrogens with two attached hydrogens (primary N) is 1. The normalized spacial score (nSPS) is 14.4. The van der Waals surface area contributed by atoms with E-state index in [0.29, 0.717) is 24.4 Å². The fourth-order valence-electron chi connectivity index (χ4n) is 3.50. The number of aromatic nitrogens is 3. The maximum Gasteiger partial charge on any atom is 0.191 e. The van der Waals surface area contributed by atoms with Crippen molar-refractivity contribution in [3.63, 3.8) is 0 Å². The Hall–Kier alpha value is -2.74. The van der Waals surface area contributed by atoms with Crippen LogP contribution in [0.4, 0.5) is 15.8 Å². The van der Waals surface area contributed by atoms with Gasteiger partial charge in [-0.05, 0) is 20.3 Å². The van der Waals surface area contributed by atoms with Crippen molar-refractivity contribution in [2.24, 2.45) is 0 Å². The Kier molecular flexibility index (Phi) is 5.25. The molecule has 3 heterocycles. The molecule has 3 N–H and O–H groups in total. The Morgan fingerprint density at radius 3 is 2.89 bits per heavy atom. The van der Waals surface area contributed by atoms with Gasteiger partial charge in [-0.3, -0.25) is 4.79 Å². The Bertz CT molecular complexity index is 1060. The third kappa shape index (κ3) is 3.17. The van der Waals surface area contributed by atoms with Crippen molar-refractivity contribution in [1.29, 1.82) is 0 Å². The molecular formula is C19H23ClFN5O2. The average molecular weight is 408 g/mol. The molecule has 2 aromatic heterocycles. The van der Waals surface area contributed by atoms with Crippen molar-refractivity contribution in [2.75, 3.05) is 24.2 Å². The molecule has 0 spiro atoms. The van der Waals surface area contributed by atoms with E-state index in [1.165, 1.54) is 6.07 Å². The smallest absolute Gasteiger partial charge is 0.191 e. The van der Waals surface area contributed by atoms with Crippen molar-refractivity contribution in [3.8, 4) is 5.75 Å². The van der Waals surface area contributed by atoms with Crippen molar-refractivity contribution >= 4 is 34.7 Å². The summed E-state index contributed by atoms with van der Waals surface area (Å²) in [5.41, 5.74) is 5.92. The van der Waals surface area contributed by atoms with Crippen LogP contribution in [0.1, 0.15) is 20.3 Å². The van der Waals surface area contributed by atoms with Crippen molar-refractivity contribution in [3.05, 3.63) is 47.0 Å². The second-order valence-electron chi connectivity index (χ2n) is 7.39. The van der Waals surface area contributed by atoms with Gasteiger partial charge in [-0.1, -0.05) is 0 Å². The lowest BCUT2D eigenvalue weighted by Gasteiger charge is -2.36. The molecule has 7 nitrogen and oxygen atoms in total. The largest absolute Gasteiger partial charge is 0.487 e. The number of hydrogen-bond acceptors (Lipinski definition) is 5. The predicted molar refractivity (Wildman–Crippen MR) is 110 cm³/mol. The number of nitrogens with one attached hydrogen (secondary N) is 1. The number of rotatable bonds is 5. The quantitative estimate of drug-likeness (QED) is 0.501. The Labute approximate surface area is 167 Å². The topological polar surface area (TPSA) is 87.1 Å². The fraction of sp³-hybridized carbons (Fsp3) is 0.368. The first kappa shape index (κ1) is 20.0. The molecule has 0 unspecified atom stereocenters. The van der Waals surface area contributed by atoms with Crippen LogP contribution in [0.5, 0.6) is 5.75 Å². The second-order valence-corrected chi connectivity index (χ2v) is 7.39. The van der Waals surface area contributed by atoms with Gasteiger partial charge in [0.05, 0.1) is 28.5 Å². The first-order valence-electron chi connectivity index (χ1n) is 8.89. The highest BCUT2D eigenvalue weighted by Crippen LogP contribution is 2.43. The summed E-state index contributed by atoms with van der Waals surface area (Å²) in [5.74, 6) is -0.300. The van der Waals surface area contributed by atoms with E-state index in [1.54, 1.807) is 18.7 Å². The predicted octanol–water partition coefficient (Wildman–Crippen LogP) is 2.97. The first-order chi connectivity index (χ1) is 12.9. The van der Waals surface area contributed by atoms with E-state index < -0.39 is 5.82 Å². The zero-order valence-corrected chi connectivity index (χ0v) is 16.6. The molecule has 4 rings (SSSR count). The summed E-state index contributed by atoms with van der Waals surface area (Å²) in [6.45, 7) is 5.64. The first-order valence-corrected chi connectivity index (χ1v) is 8.89. The Morgan fingerprint density at radius 1 is 1.39 bits per heavy atom. The molecule has 0 aliphatic carbocycles. The van der Waals surface area contributed by atoms with Gasteiger partial charge in [-0.2, -0.15) is 0 Å². The van der Waals surface area contributed by atoms with Crippen LogP contribution in [0.2, 0.25) is 0 Å². The minimum atomic E-state index is -0.644. The molecule has 28 heavy (non-hydrogen) atoms. The van der Waals surface area contributed by atoms with Crippen LogP contribution in [0.15, 0.2) is 35.8 Å². The highest BCUT2D eigenvalue weighted by Gasteiger charge is 2.33. The molecule has 0 radical (unpaired) electrons. The van der Waals surface area contributed by atoms with Crippen LogP contribution in [-0.4, -0.2) is 27.3 Å². The number of nitrogen functional groups attached to an aromatic ring is 1. The van der Waals surface area contributed by atoms with Crippen molar-refractivity contribution in [2.45, 2.75) is 32.4 Å². The molecule has 1 aliphatic heterocycles. The molecule has 0 saturated carbocycles. The van der Waals surface area contributed by atoms with Gasteiger partial charge in [0.25, 0.3) is 0 Å². The van der Waals surface area contributed by atoms with Crippen LogP contribution >= 0.6 is 12.4 Å². The van der Waals surface area contributed by atoms with Gasteiger partial charge in [0.1, 0.15) is 12.3 Å². The molecule has 0 saturated heterocycles. The minimum Gasteiger partial charge on any atom is -0.487 e. The van der Waals surface area contributed by atoms with E-state index in [9.17, 15) is 9.18 Å². The number of pyridine rings is 1. The number of nitrogens with zero attached hydrogens (tertiary/aromatic N) is 3. The van der Waals surface area contributed by atoms with Crippen LogP contribution in [0, 0.1) is 5.82 Å². The van der Waals surface area contributed by atoms with Gasteiger partial charge in [0.2, 0.25) is 0 Å². The summed E-state index contributed by atoms with van der Waals surface area (Å²) in [5, 5.41) is 3.27. The van der Waals surface area contributed by atoms with E-state index in [4.69, 9.17) is 10.5 Å². The number of aryl methyl sites for hydroxylation is 1. The second kappa shape index (κ2) is 7.35. The third-order valence-electron chi connectivity index (χ3n) is 4.94. The lowest BCUT2D eigenvalue weighted by molar-refractivity contribution is 0.171. The van der Waals surface area contributed by atoms with Gasteiger partial charge < -0.3 is 24.9 Å². The van der Waals surface area contributed by atoms with Gasteiger partial charge in [0.15, 0.2) is 17.0 Å². The lowest BCUT2D eigenvalue weighted by Crippen LogP contribution is -2.38. The maximum absolute atomic E-state index is 15.0. The molecule has 0 amide bonds. The maximum atomic E-state index is 15.0. The molecule has 0 atom stereocenters. The van der Waals surface area contributed by atoms with Gasteiger partial charge in [0, 0.05) is 37.7 Å². The number of imidazole rings is 1. The SMILES string of the molecule is CC1(C)COc2c(NCCCn3ccnc3)c(F)c(N)c3c(=O)ccn1c23.Cl. The molecule has 150 valence electrons. The van der Waals surface area contributed by atoms with Crippen LogP contribution in [-0.2, 0) is 12.1 Å². The lowest BCUT2D eigenvalue weighted by atomic mass is 10.0. The van der Waals surface area contributed by atoms with Crippen LogP contribution < -0.4 is 21.2 Å². The standard InChI is InChI=1S/C19H22FN5O2.ClH/c1-19(2)10-27-18-16(23-5-3-7-24-9-6-22-11-24)14(20)15(21)13-12(26)4-8-25(19)17(13)18;/h4,6,8-9,11,23H,3,5,7,10,21H2,1-2H3;1H. The van der Waals surface area contributed by atoms with Gasteiger partial charge >= 0.3 is 0 Å². The molecule has 9 heteroatoms. The zero-order valence-electron chi connectivity index (χ0n) is 15.7.